The van der Waals surface area contributed by atoms with E-state index in [9.17, 15) is 14.4 Å². The third kappa shape index (κ3) is 4.46. The monoisotopic (exact) mass is 434 g/mol. The number of methoxy groups -OCH3 is 2. The summed E-state index contributed by atoms with van der Waals surface area (Å²) in [5.74, 6) is 0.536. The van der Waals surface area contributed by atoms with E-state index < -0.39 is 23.9 Å². The zero-order valence-electron chi connectivity index (χ0n) is 17.6. The molecule has 1 aliphatic rings. The van der Waals surface area contributed by atoms with Crippen molar-refractivity contribution in [3.8, 4) is 11.5 Å². The van der Waals surface area contributed by atoms with Gasteiger partial charge in [-0.25, -0.2) is 4.79 Å². The minimum atomic E-state index is -0.918. The number of hydrogen-bond donors (Lipinski definition) is 2. The number of nitrogens with zero attached hydrogens (tertiary/aromatic N) is 2. The number of fused-ring (bicyclic) bond motifs is 1. The smallest absolute Gasteiger partial charge is 0.325 e. The van der Waals surface area contributed by atoms with Crippen molar-refractivity contribution in [2.75, 3.05) is 19.5 Å². The number of pyridine rings is 1. The van der Waals surface area contributed by atoms with E-state index in [4.69, 9.17) is 9.47 Å². The molecule has 0 unspecified atom stereocenters. The Morgan fingerprint density at radius 1 is 1.06 bits per heavy atom. The molecule has 0 saturated carbocycles. The molecular weight excluding hydrogens is 412 g/mol. The fourth-order valence-corrected chi connectivity index (χ4v) is 3.47. The van der Waals surface area contributed by atoms with Gasteiger partial charge in [0.1, 0.15) is 17.5 Å². The van der Waals surface area contributed by atoms with E-state index >= 15 is 0 Å². The highest BCUT2D eigenvalue weighted by Gasteiger charge is 2.39. The lowest BCUT2D eigenvalue weighted by Gasteiger charge is -2.13. The van der Waals surface area contributed by atoms with Gasteiger partial charge in [-0.2, -0.15) is 0 Å². The van der Waals surface area contributed by atoms with E-state index in [1.807, 2.05) is 6.07 Å². The normalized spacial score (nSPS) is 15.6. The van der Waals surface area contributed by atoms with Crippen LogP contribution in [-0.2, 0) is 16.1 Å². The van der Waals surface area contributed by atoms with Gasteiger partial charge in [-0.15, -0.1) is 0 Å². The molecule has 4 amide bonds. The lowest BCUT2D eigenvalue weighted by Crippen LogP contribution is -2.34. The molecule has 0 spiro atoms. The Kier molecular flexibility index (Phi) is 5.89. The van der Waals surface area contributed by atoms with E-state index in [0.29, 0.717) is 17.2 Å². The second kappa shape index (κ2) is 8.93. The number of hydrogen-bond acceptors (Lipinski definition) is 6. The summed E-state index contributed by atoms with van der Waals surface area (Å²) in [6, 6.07) is 12.9. The molecule has 0 aliphatic carbocycles. The topological polar surface area (TPSA) is 110 Å². The van der Waals surface area contributed by atoms with Crippen molar-refractivity contribution in [1.29, 1.82) is 0 Å². The Bertz CT molecular complexity index is 1180. The molecule has 1 atom stereocenters. The Labute approximate surface area is 184 Å². The van der Waals surface area contributed by atoms with Crippen LogP contribution in [0.5, 0.6) is 11.5 Å². The summed E-state index contributed by atoms with van der Waals surface area (Å²) >= 11 is 0. The van der Waals surface area contributed by atoms with Gasteiger partial charge in [-0.1, -0.05) is 12.1 Å². The maximum Gasteiger partial charge on any atom is 0.325 e. The first-order chi connectivity index (χ1) is 15.5. The zero-order chi connectivity index (χ0) is 22.7. The molecule has 1 aliphatic heterocycles. The van der Waals surface area contributed by atoms with Gasteiger partial charge >= 0.3 is 6.03 Å². The number of aromatic nitrogens is 1. The van der Waals surface area contributed by atoms with E-state index in [1.165, 1.54) is 6.20 Å². The molecule has 0 radical (unpaired) electrons. The number of carbonyl (C=O) groups is 3. The SMILES string of the molecule is COc1ccc(CN2C(=O)N[C@H](CC(=O)Nc3cnc4cc(OC)ccc4c3)C2=O)cc1. The molecule has 4 rings (SSSR count). The summed E-state index contributed by atoms with van der Waals surface area (Å²) in [5, 5.41) is 6.14. The summed E-state index contributed by atoms with van der Waals surface area (Å²) in [6.07, 6.45) is 1.36. The van der Waals surface area contributed by atoms with Crippen LogP contribution in [0.3, 0.4) is 0 Å². The standard InChI is InChI=1S/C23H22N4O5/c1-31-17-6-3-14(4-7-17)13-27-22(29)20(26-23(27)30)11-21(28)25-16-9-15-5-8-18(32-2)10-19(15)24-12-16/h3-10,12,20H,11,13H2,1-2H3,(H,25,28)(H,26,30)/t20-/m1/s1. The van der Waals surface area contributed by atoms with Crippen molar-refractivity contribution in [2.24, 2.45) is 0 Å². The molecule has 164 valence electrons. The van der Waals surface area contributed by atoms with Crippen molar-refractivity contribution >= 4 is 34.4 Å². The predicted molar refractivity (Wildman–Crippen MR) is 117 cm³/mol. The molecule has 2 heterocycles. The second-order valence-corrected chi connectivity index (χ2v) is 7.31. The number of anilines is 1. The number of amides is 4. The molecule has 9 heteroatoms. The Morgan fingerprint density at radius 3 is 2.50 bits per heavy atom. The number of benzene rings is 2. The van der Waals surface area contributed by atoms with Crippen LogP contribution >= 0.6 is 0 Å². The lowest BCUT2D eigenvalue weighted by molar-refractivity contribution is -0.130. The zero-order valence-corrected chi connectivity index (χ0v) is 17.6. The number of nitrogens with one attached hydrogen (secondary N) is 2. The Hall–Kier alpha value is -4.14. The number of urea groups is 1. The summed E-state index contributed by atoms with van der Waals surface area (Å²) in [7, 11) is 3.14. The minimum Gasteiger partial charge on any atom is -0.497 e. The number of imide groups is 1. The fourth-order valence-electron chi connectivity index (χ4n) is 3.47. The fraction of sp³-hybridized carbons (Fsp3) is 0.217. The van der Waals surface area contributed by atoms with Crippen LogP contribution in [0.15, 0.2) is 54.7 Å². The summed E-state index contributed by atoms with van der Waals surface area (Å²) in [6.45, 7) is 0.116. The van der Waals surface area contributed by atoms with Crippen LogP contribution in [0.4, 0.5) is 10.5 Å². The van der Waals surface area contributed by atoms with Gasteiger partial charge in [0.05, 0.1) is 44.6 Å². The molecule has 3 aromatic rings. The molecule has 1 aromatic heterocycles. The summed E-state index contributed by atoms with van der Waals surface area (Å²) in [5.41, 5.74) is 2.01. The molecule has 0 bridgehead atoms. The molecular formula is C23H22N4O5. The first-order valence-corrected chi connectivity index (χ1v) is 9.95. The molecule has 2 N–H and O–H groups in total. The molecule has 1 fully saturated rings. The minimum absolute atomic E-state index is 0.116. The van der Waals surface area contributed by atoms with Crippen molar-refractivity contribution in [3.05, 3.63) is 60.3 Å². The second-order valence-electron chi connectivity index (χ2n) is 7.31. The van der Waals surface area contributed by atoms with Gasteiger partial charge in [-0.3, -0.25) is 19.5 Å². The van der Waals surface area contributed by atoms with Crippen LogP contribution in [0.25, 0.3) is 10.9 Å². The summed E-state index contributed by atoms with van der Waals surface area (Å²) < 4.78 is 10.3. The highest BCUT2D eigenvalue weighted by atomic mass is 16.5. The number of rotatable bonds is 7. The predicted octanol–water partition coefficient (Wildman–Crippen LogP) is 2.70. The van der Waals surface area contributed by atoms with E-state index in [2.05, 4.69) is 15.6 Å². The van der Waals surface area contributed by atoms with E-state index in [-0.39, 0.29) is 13.0 Å². The Balaban J connectivity index is 1.38. The highest BCUT2D eigenvalue weighted by molar-refractivity contribution is 6.07. The molecule has 2 aromatic carbocycles. The molecule has 1 saturated heterocycles. The quantitative estimate of drug-likeness (QED) is 0.554. The van der Waals surface area contributed by atoms with Crippen molar-refractivity contribution in [1.82, 2.24) is 15.2 Å². The molecule has 9 nitrogen and oxygen atoms in total. The van der Waals surface area contributed by atoms with Gasteiger partial charge < -0.3 is 20.1 Å². The maximum absolute atomic E-state index is 12.7. The van der Waals surface area contributed by atoms with Crippen LogP contribution in [0, 0.1) is 0 Å². The number of ether oxygens (including phenoxy) is 2. The van der Waals surface area contributed by atoms with Gasteiger partial charge in [0, 0.05) is 11.5 Å². The lowest BCUT2D eigenvalue weighted by atomic mass is 10.1. The first-order valence-electron chi connectivity index (χ1n) is 9.95. The molecule has 32 heavy (non-hydrogen) atoms. The van der Waals surface area contributed by atoms with E-state index in [1.54, 1.807) is 56.7 Å². The van der Waals surface area contributed by atoms with Gasteiger partial charge in [-0.05, 0) is 35.9 Å². The van der Waals surface area contributed by atoms with Gasteiger partial charge in [0.25, 0.3) is 5.91 Å². The van der Waals surface area contributed by atoms with Crippen LogP contribution in [0.2, 0.25) is 0 Å². The summed E-state index contributed by atoms with van der Waals surface area (Å²) in [4.78, 5) is 42.9. The van der Waals surface area contributed by atoms with Crippen molar-refractivity contribution in [2.45, 2.75) is 19.0 Å². The van der Waals surface area contributed by atoms with Gasteiger partial charge in [0.2, 0.25) is 5.91 Å². The largest absolute Gasteiger partial charge is 0.497 e. The van der Waals surface area contributed by atoms with Crippen LogP contribution in [0.1, 0.15) is 12.0 Å². The third-order valence-corrected chi connectivity index (χ3v) is 5.17. The van der Waals surface area contributed by atoms with Crippen LogP contribution < -0.4 is 20.1 Å². The van der Waals surface area contributed by atoms with Crippen LogP contribution in [-0.4, -0.2) is 48.0 Å². The number of carbonyl (C=O) groups excluding carboxylic acids is 3. The van der Waals surface area contributed by atoms with Gasteiger partial charge in [0.15, 0.2) is 0 Å². The Morgan fingerprint density at radius 2 is 1.78 bits per heavy atom. The van der Waals surface area contributed by atoms with Crippen molar-refractivity contribution < 1.29 is 23.9 Å². The third-order valence-electron chi connectivity index (χ3n) is 5.17. The maximum atomic E-state index is 12.7. The average Bonchev–Trinajstić information content (AvgIpc) is 3.06. The average molecular weight is 434 g/mol. The van der Waals surface area contributed by atoms with Crippen molar-refractivity contribution in [3.63, 3.8) is 0 Å². The van der Waals surface area contributed by atoms with E-state index in [0.717, 1.165) is 21.4 Å². The highest BCUT2D eigenvalue weighted by Crippen LogP contribution is 2.22. The first kappa shape index (κ1) is 21.1.